The number of amides is 2. The zero-order valence-corrected chi connectivity index (χ0v) is 21.3. The minimum atomic E-state index is -4.69. The summed E-state index contributed by atoms with van der Waals surface area (Å²) in [5, 5.41) is 19.4. The molecule has 2 fully saturated rings. The maximum atomic E-state index is 14.3. The number of nitrogens with zero attached hydrogens (tertiary/aromatic N) is 3. The lowest BCUT2D eigenvalue weighted by atomic mass is 9.80. The van der Waals surface area contributed by atoms with E-state index in [1.165, 1.54) is 19.2 Å². The number of aromatic nitrogens is 3. The number of hydrogen-bond acceptors (Lipinski definition) is 6. The van der Waals surface area contributed by atoms with E-state index in [0.717, 1.165) is 6.20 Å². The van der Waals surface area contributed by atoms with Crippen LogP contribution in [0.25, 0.3) is 11.3 Å². The Bertz CT molecular complexity index is 1180. The highest BCUT2D eigenvalue weighted by atomic mass is 19.4. The first-order valence-corrected chi connectivity index (χ1v) is 12.5. The van der Waals surface area contributed by atoms with Crippen molar-refractivity contribution in [1.29, 1.82) is 0 Å². The number of ether oxygens (including phenoxy) is 1. The molecule has 0 radical (unpaired) electrons. The Morgan fingerprint density at radius 2 is 1.92 bits per heavy atom. The van der Waals surface area contributed by atoms with E-state index in [9.17, 15) is 32.3 Å². The van der Waals surface area contributed by atoms with Crippen LogP contribution in [0.2, 0.25) is 0 Å². The summed E-state index contributed by atoms with van der Waals surface area (Å²) in [4.78, 5) is 31.7. The van der Waals surface area contributed by atoms with Crippen LogP contribution in [0.1, 0.15) is 56.4 Å². The second kappa shape index (κ2) is 10.5. The Hall–Kier alpha value is -3.22. The number of pyridine rings is 1. The van der Waals surface area contributed by atoms with Crippen LogP contribution in [0.5, 0.6) is 5.88 Å². The molecule has 13 heteroatoms. The van der Waals surface area contributed by atoms with Gasteiger partial charge in [0.15, 0.2) is 11.4 Å². The number of piperidine rings is 1. The maximum Gasteiger partial charge on any atom is 0.417 e. The van der Waals surface area contributed by atoms with E-state index in [1.54, 1.807) is 4.90 Å². The van der Waals surface area contributed by atoms with Crippen molar-refractivity contribution in [3.63, 3.8) is 0 Å². The molecule has 0 aromatic carbocycles. The van der Waals surface area contributed by atoms with Crippen LogP contribution in [0.15, 0.2) is 18.3 Å². The number of nitrogens with one attached hydrogen (secondary N) is 2. The predicted octanol–water partition coefficient (Wildman–Crippen LogP) is 3.46. The van der Waals surface area contributed by atoms with Gasteiger partial charge < -0.3 is 20.1 Å². The summed E-state index contributed by atoms with van der Waals surface area (Å²) in [5.41, 5.74) is -2.20. The fraction of sp³-hybridized carbons (Fsp3) is 0.600. The molecule has 1 aliphatic carbocycles. The molecule has 1 saturated heterocycles. The monoisotopic (exact) mass is 541 g/mol. The maximum absolute atomic E-state index is 14.3. The minimum absolute atomic E-state index is 0.0368. The molecule has 2 aromatic rings. The third-order valence-electron chi connectivity index (χ3n) is 7.71. The van der Waals surface area contributed by atoms with Gasteiger partial charge in [-0.05, 0) is 51.0 Å². The van der Waals surface area contributed by atoms with E-state index in [2.05, 4.69) is 20.5 Å². The molecular weight excluding hydrogens is 510 g/mol. The standard InChI is InChI=1S/C25H31F4N5O4/c1-13-12-34(23(36)20-10-19(32-33-20)17-9-21(38-3)30-11-18(17)26)14(2)8-16(13)22(35)31-15-4-6-24(37,7-5-15)25(27,28)29/h9-11,13-16,37H,4-8,12H2,1-3H3,(H,31,35)(H,32,33)/t13-,14+,15?,16+,24?/m1/s1. The van der Waals surface area contributed by atoms with Crippen molar-refractivity contribution in [2.75, 3.05) is 13.7 Å². The van der Waals surface area contributed by atoms with Crippen molar-refractivity contribution in [2.45, 2.75) is 69.8 Å². The lowest BCUT2D eigenvalue weighted by Crippen LogP contribution is -2.54. The number of aromatic amines is 1. The third kappa shape index (κ3) is 5.47. The number of methoxy groups -OCH3 is 1. The Kier molecular flexibility index (Phi) is 7.69. The summed E-state index contributed by atoms with van der Waals surface area (Å²) in [6.07, 6.45) is -4.15. The molecule has 2 aliphatic rings. The molecule has 3 heterocycles. The number of likely N-dealkylation sites (tertiary alicyclic amines) is 1. The van der Waals surface area contributed by atoms with Gasteiger partial charge in [0, 0.05) is 36.2 Å². The van der Waals surface area contributed by atoms with E-state index in [-0.39, 0.29) is 66.0 Å². The van der Waals surface area contributed by atoms with Gasteiger partial charge in [-0.1, -0.05) is 6.92 Å². The number of aliphatic hydroxyl groups is 1. The molecule has 1 aliphatic heterocycles. The summed E-state index contributed by atoms with van der Waals surface area (Å²) >= 11 is 0. The van der Waals surface area contributed by atoms with Crippen LogP contribution in [0, 0.1) is 17.7 Å². The molecule has 1 saturated carbocycles. The Labute approximate surface area is 217 Å². The summed E-state index contributed by atoms with van der Waals surface area (Å²) in [7, 11) is 1.40. The molecule has 0 unspecified atom stereocenters. The van der Waals surface area contributed by atoms with Crippen LogP contribution in [0.4, 0.5) is 17.6 Å². The van der Waals surface area contributed by atoms with Crippen LogP contribution < -0.4 is 10.1 Å². The Morgan fingerprint density at radius 1 is 1.24 bits per heavy atom. The number of hydrogen-bond donors (Lipinski definition) is 3. The SMILES string of the molecule is COc1cc(-c2cc(C(=O)N3C[C@@H](C)[C@@H](C(=O)NC4CCC(O)(C(F)(F)F)CC4)C[C@@H]3C)[nH]n2)c(F)cn1. The average molecular weight is 542 g/mol. The fourth-order valence-corrected chi connectivity index (χ4v) is 5.28. The van der Waals surface area contributed by atoms with E-state index < -0.39 is 42.4 Å². The van der Waals surface area contributed by atoms with Gasteiger partial charge in [-0.15, -0.1) is 0 Å². The Morgan fingerprint density at radius 3 is 2.55 bits per heavy atom. The number of alkyl halides is 3. The van der Waals surface area contributed by atoms with Crippen molar-refractivity contribution in [2.24, 2.45) is 11.8 Å². The topological polar surface area (TPSA) is 120 Å². The molecule has 38 heavy (non-hydrogen) atoms. The van der Waals surface area contributed by atoms with Gasteiger partial charge in [-0.3, -0.25) is 14.7 Å². The molecule has 0 bridgehead atoms. The third-order valence-corrected chi connectivity index (χ3v) is 7.71. The molecule has 2 amide bonds. The van der Waals surface area contributed by atoms with Gasteiger partial charge in [0.05, 0.1) is 19.0 Å². The largest absolute Gasteiger partial charge is 0.481 e. The van der Waals surface area contributed by atoms with E-state index in [0.29, 0.717) is 6.42 Å². The van der Waals surface area contributed by atoms with Crippen LogP contribution >= 0.6 is 0 Å². The van der Waals surface area contributed by atoms with Crippen molar-refractivity contribution in [1.82, 2.24) is 25.4 Å². The molecular formula is C25H31F4N5O4. The van der Waals surface area contributed by atoms with Gasteiger partial charge in [0.1, 0.15) is 5.69 Å². The normalized spacial score (nSPS) is 28.2. The number of H-pyrrole nitrogens is 1. The van der Waals surface area contributed by atoms with Gasteiger partial charge in [0.25, 0.3) is 5.91 Å². The van der Waals surface area contributed by atoms with Gasteiger partial charge in [0.2, 0.25) is 11.8 Å². The lowest BCUT2D eigenvalue weighted by molar-refractivity contribution is -0.270. The number of rotatable bonds is 5. The van der Waals surface area contributed by atoms with Gasteiger partial charge >= 0.3 is 6.18 Å². The van der Waals surface area contributed by atoms with Crippen molar-refractivity contribution >= 4 is 11.8 Å². The first-order valence-electron chi connectivity index (χ1n) is 12.5. The molecule has 0 spiro atoms. The second-order valence-corrected chi connectivity index (χ2v) is 10.3. The lowest BCUT2D eigenvalue weighted by Gasteiger charge is -2.42. The predicted molar refractivity (Wildman–Crippen MR) is 128 cm³/mol. The minimum Gasteiger partial charge on any atom is -0.481 e. The molecule has 9 nitrogen and oxygen atoms in total. The number of halogens is 4. The zero-order chi connectivity index (χ0) is 27.8. The van der Waals surface area contributed by atoms with Crippen LogP contribution in [-0.4, -0.2) is 74.5 Å². The second-order valence-electron chi connectivity index (χ2n) is 10.3. The molecule has 208 valence electrons. The smallest absolute Gasteiger partial charge is 0.417 e. The summed E-state index contributed by atoms with van der Waals surface area (Å²) < 4.78 is 58.5. The highest BCUT2D eigenvalue weighted by Gasteiger charge is 2.54. The number of carbonyl (C=O) groups excluding carboxylic acids is 2. The zero-order valence-electron chi connectivity index (χ0n) is 21.3. The molecule has 2 aromatic heterocycles. The summed E-state index contributed by atoms with van der Waals surface area (Å²) in [6.45, 7) is 3.94. The average Bonchev–Trinajstić information content (AvgIpc) is 3.36. The van der Waals surface area contributed by atoms with E-state index in [4.69, 9.17) is 4.74 Å². The van der Waals surface area contributed by atoms with Crippen molar-refractivity contribution < 1.29 is 37.0 Å². The molecule has 3 atom stereocenters. The summed E-state index contributed by atoms with van der Waals surface area (Å²) in [6, 6.07) is 2.08. The quantitative estimate of drug-likeness (QED) is 0.499. The summed E-state index contributed by atoms with van der Waals surface area (Å²) in [5.74, 6) is -1.66. The van der Waals surface area contributed by atoms with E-state index >= 15 is 0 Å². The highest BCUT2D eigenvalue weighted by Crippen LogP contribution is 2.41. The fourth-order valence-electron chi connectivity index (χ4n) is 5.28. The first-order chi connectivity index (χ1) is 17.8. The van der Waals surface area contributed by atoms with Gasteiger partial charge in [-0.2, -0.15) is 18.3 Å². The van der Waals surface area contributed by atoms with Crippen LogP contribution in [0.3, 0.4) is 0 Å². The van der Waals surface area contributed by atoms with Crippen LogP contribution in [-0.2, 0) is 4.79 Å². The number of carbonyl (C=O) groups is 2. The highest BCUT2D eigenvalue weighted by molar-refractivity contribution is 5.94. The van der Waals surface area contributed by atoms with Crippen molar-refractivity contribution in [3.05, 3.63) is 29.8 Å². The first kappa shape index (κ1) is 27.8. The van der Waals surface area contributed by atoms with E-state index in [1.807, 2.05) is 13.8 Å². The van der Waals surface area contributed by atoms with Crippen molar-refractivity contribution in [3.8, 4) is 17.1 Å². The molecule has 3 N–H and O–H groups in total. The molecule has 4 rings (SSSR count). The Balaban J connectivity index is 1.37. The van der Waals surface area contributed by atoms with Gasteiger partial charge in [-0.25, -0.2) is 9.37 Å².